The average molecular weight is 250 g/mol. The summed E-state index contributed by atoms with van der Waals surface area (Å²) in [5.74, 6) is -1.31. The number of pyridine rings is 1. The maximum Gasteiger partial charge on any atom is 0.326 e. The minimum absolute atomic E-state index is 0.108. The van der Waals surface area contributed by atoms with E-state index in [1.807, 2.05) is 0 Å². The minimum Gasteiger partial charge on any atom is -0.480 e. The van der Waals surface area contributed by atoms with E-state index in [-0.39, 0.29) is 18.0 Å². The number of carboxylic acid groups (broad SMARTS) is 1. The van der Waals surface area contributed by atoms with Gasteiger partial charge >= 0.3 is 5.97 Å². The highest BCUT2D eigenvalue weighted by Crippen LogP contribution is 2.17. The smallest absolute Gasteiger partial charge is 0.326 e. The van der Waals surface area contributed by atoms with Gasteiger partial charge in [0.25, 0.3) is 5.56 Å². The molecule has 0 spiro atoms. The third kappa shape index (κ3) is 2.42. The van der Waals surface area contributed by atoms with Crippen LogP contribution in [0.2, 0.25) is 0 Å². The van der Waals surface area contributed by atoms with E-state index in [2.05, 4.69) is 0 Å². The molecule has 0 unspecified atom stereocenters. The summed E-state index contributed by atoms with van der Waals surface area (Å²) in [4.78, 5) is 35.8. The lowest BCUT2D eigenvalue weighted by atomic mass is 10.2. The van der Waals surface area contributed by atoms with Crippen molar-refractivity contribution >= 4 is 11.9 Å². The number of amides is 1. The number of carboxylic acids is 1. The maximum absolute atomic E-state index is 12.0. The number of aromatic nitrogens is 1. The Morgan fingerprint density at radius 1 is 1.39 bits per heavy atom. The van der Waals surface area contributed by atoms with Crippen molar-refractivity contribution in [1.29, 1.82) is 0 Å². The molecule has 0 bridgehead atoms. The Bertz CT molecular complexity index is 523. The van der Waals surface area contributed by atoms with Crippen LogP contribution in [0.4, 0.5) is 0 Å². The van der Waals surface area contributed by atoms with Gasteiger partial charge in [-0.2, -0.15) is 0 Å². The van der Waals surface area contributed by atoms with E-state index >= 15 is 0 Å². The molecule has 1 aromatic rings. The zero-order valence-corrected chi connectivity index (χ0v) is 9.78. The van der Waals surface area contributed by atoms with Crippen LogP contribution in [-0.4, -0.2) is 39.0 Å². The molecule has 1 atom stereocenters. The quantitative estimate of drug-likeness (QED) is 0.814. The molecular formula is C12H14N2O4. The Morgan fingerprint density at radius 2 is 2.17 bits per heavy atom. The molecule has 6 nitrogen and oxygen atoms in total. The lowest BCUT2D eigenvalue weighted by Gasteiger charge is -2.21. The summed E-state index contributed by atoms with van der Waals surface area (Å²) >= 11 is 0. The lowest BCUT2D eigenvalue weighted by molar-refractivity contribution is -0.148. The number of carbonyl (C=O) groups excluding carboxylic acids is 1. The van der Waals surface area contributed by atoms with E-state index in [1.165, 1.54) is 21.7 Å². The SMILES string of the molecule is O=C(O)[C@H]1CCCN1C(=O)Cn1ccccc1=O. The number of carbonyl (C=O) groups is 2. The molecule has 18 heavy (non-hydrogen) atoms. The third-order valence-electron chi connectivity index (χ3n) is 3.06. The van der Waals surface area contributed by atoms with Crippen LogP contribution in [0.1, 0.15) is 12.8 Å². The molecule has 0 aliphatic carbocycles. The van der Waals surface area contributed by atoms with Gasteiger partial charge in [-0.25, -0.2) is 4.79 Å². The average Bonchev–Trinajstić information content (AvgIpc) is 2.81. The fraction of sp³-hybridized carbons (Fsp3) is 0.417. The van der Waals surface area contributed by atoms with E-state index in [0.29, 0.717) is 19.4 Å². The molecular weight excluding hydrogens is 236 g/mol. The van der Waals surface area contributed by atoms with Crippen molar-refractivity contribution in [1.82, 2.24) is 9.47 Å². The number of hydrogen-bond donors (Lipinski definition) is 1. The van der Waals surface area contributed by atoms with E-state index in [0.717, 1.165) is 0 Å². The van der Waals surface area contributed by atoms with Gasteiger partial charge in [0, 0.05) is 18.8 Å². The molecule has 1 aliphatic rings. The molecule has 1 fully saturated rings. The molecule has 2 rings (SSSR count). The second kappa shape index (κ2) is 5.03. The number of nitrogens with zero attached hydrogens (tertiary/aromatic N) is 2. The van der Waals surface area contributed by atoms with Gasteiger partial charge in [0.1, 0.15) is 12.6 Å². The molecule has 0 radical (unpaired) electrons. The summed E-state index contributed by atoms with van der Waals surface area (Å²) in [6, 6.07) is 3.87. The Balaban J connectivity index is 2.11. The zero-order valence-electron chi connectivity index (χ0n) is 9.78. The second-order valence-corrected chi connectivity index (χ2v) is 4.25. The minimum atomic E-state index is -0.985. The van der Waals surface area contributed by atoms with Gasteiger partial charge in [-0.05, 0) is 18.9 Å². The van der Waals surface area contributed by atoms with Crippen molar-refractivity contribution in [2.24, 2.45) is 0 Å². The molecule has 1 aromatic heterocycles. The number of likely N-dealkylation sites (tertiary alicyclic amines) is 1. The normalized spacial score (nSPS) is 18.9. The Kier molecular flexibility index (Phi) is 3.45. The first-order valence-corrected chi connectivity index (χ1v) is 5.77. The van der Waals surface area contributed by atoms with Crippen LogP contribution in [0.5, 0.6) is 0 Å². The van der Waals surface area contributed by atoms with Gasteiger partial charge in [-0.1, -0.05) is 6.07 Å². The summed E-state index contributed by atoms with van der Waals surface area (Å²) in [5, 5.41) is 8.99. The molecule has 1 N–H and O–H groups in total. The Labute approximate surface area is 103 Å². The van der Waals surface area contributed by atoms with Gasteiger partial charge in [-0.15, -0.1) is 0 Å². The fourth-order valence-electron chi connectivity index (χ4n) is 2.15. The van der Waals surface area contributed by atoms with Crippen LogP contribution in [0.25, 0.3) is 0 Å². The highest BCUT2D eigenvalue weighted by Gasteiger charge is 2.33. The molecule has 0 saturated carbocycles. The summed E-state index contributed by atoms with van der Waals surface area (Å²) in [7, 11) is 0. The highest BCUT2D eigenvalue weighted by atomic mass is 16.4. The molecule has 1 saturated heterocycles. The topological polar surface area (TPSA) is 79.6 Å². The molecule has 96 valence electrons. The summed E-state index contributed by atoms with van der Waals surface area (Å²) in [6.07, 6.45) is 2.68. The van der Waals surface area contributed by atoms with Gasteiger partial charge in [-0.3, -0.25) is 9.59 Å². The first kappa shape index (κ1) is 12.3. The van der Waals surface area contributed by atoms with Crippen molar-refractivity contribution in [2.75, 3.05) is 6.54 Å². The van der Waals surface area contributed by atoms with Crippen molar-refractivity contribution in [3.8, 4) is 0 Å². The van der Waals surface area contributed by atoms with E-state index in [1.54, 1.807) is 12.1 Å². The van der Waals surface area contributed by atoms with E-state index < -0.39 is 12.0 Å². The first-order valence-electron chi connectivity index (χ1n) is 5.77. The number of hydrogen-bond acceptors (Lipinski definition) is 3. The first-order chi connectivity index (χ1) is 8.59. The van der Waals surface area contributed by atoms with Crippen LogP contribution in [-0.2, 0) is 16.1 Å². The molecule has 1 amide bonds. The molecule has 1 aliphatic heterocycles. The van der Waals surface area contributed by atoms with E-state index in [9.17, 15) is 14.4 Å². The van der Waals surface area contributed by atoms with Crippen molar-refractivity contribution in [2.45, 2.75) is 25.4 Å². The molecule has 6 heteroatoms. The summed E-state index contributed by atoms with van der Waals surface area (Å²) in [5.41, 5.74) is -0.267. The fourth-order valence-corrected chi connectivity index (χ4v) is 2.15. The zero-order chi connectivity index (χ0) is 13.1. The van der Waals surface area contributed by atoms with E-state index in [4.69, 9.17) is 5.11 Å². The van der Waals surface area contributed by atoms with Gasteiger partial charge in [0.2, 0.25) is 5.91 Å². The predicted molar refractivity (Wildman–Crippen MR) is 63.1 cm³/mol. The molecule has 2 heterocycles. The Hall–Kier alpha value is -2.11. The monoisotopic (exact) mass is 250 g/mol. The van der Waals surface area contributed by atoms with Crippen molar-refractivity contribution in [3.05, 3.63) is 34.7 Å². The largest absolute Gasteiger partial charge is 0.480 e. The van der Waals surface area contributed by atoms with Crippen molar-refractivity contribution < 1.29 is 14.7 Å². The van der Waals surface area contributed by atoms with Gasteiger partial charge in [0.05, 0.1) is 0 Å². The van der Waals surface area contributed by atoms with Gasteiger partial charge in [0.15, 0.2) is 0 Å². The van der Waals surface area contributed by atoms with Crippen molar-refractivity contribution in [3.63, 3.8) is 0 Å². The van der Waals surface area contributed by atoms with Crippen LogP contribution in [0.3, 0.4) is 0 Å². The maximum atomic E-state index is 12.0. The lowest BCUT2D eigenvalue weighted by Crippen LogP contribution is -2.43. The van der Waals surface area contributed by atoms with Crippen LogP contribution in [0, 0.1) is 0 Å². The van der Waals surface area contributed by atoms with Gasteiger partial charge < -0.3 is 14.6 Å². The molecule has 0 aromatic carbocycles. The van der Waals surface area contributed by atoms with Crippen LogP contribution >= 0.6 is 0 Å². The second-order valence-electron chi connectivity index (χ2n) is 4.25. The number of aliphatic carboxylic acids is 1. The Morgan fingerprint density at radius 3 is 2.83 bits per heavy atom. The summed E-state index contributed by atoms with van der Waals surface area (Å²) < 4.78 is 1.28. The third-order valence-corrected chi connectivity index (χ3v) is 3.06. The standard InChI is InChI=1S/C12H14N2O4/c15-10-5-1-2-6-13(10)8-11(16)14-7-3-4-9(14)12(17)18/h1-2,5-6,9H,3-4,7-8H2,(H,17,18)/t9-/m1/s1. The van der Waals surface area contributed by atoms with Crippen LogP contribution in [0.15, 0.2) is 29.2 Å². The predicted octanol–water partition coefficient (Wildman–Crippen LogP) is -0.0761. The summed E-state index contributed by atoms with van der Waals surface area (Å²) in [6.45, 7) is 0.334. The number of rotatable bonds is 3. The highest BCUT2D eigenvalue weighted by molar-refractivity contribution is 5.84. The van der Waals surface area contributed by atoms with Crippen LogP contribution < -0.4 is 5.56 Å².